The van der Waals surface area contributed by atoms with E-state index >= 15 is 0 Å². The Morgan fingerprint density at radius 1 is 1.10 bits per heavy atom. The van der Waals surface area contributed by atoms with E-state index in [9.17, 15) is 9.59 Å². The maximum absolute atomic E-state index is 11.9. The molecule has 0 aromatic heterocycles. The zero-order valence-electron chi connectivity index (χ0n) is 11.5. The SMILES string of the molecule is Cc1cccc(C(=O)NCC(=O)Nc2ccccc2Br)c1. The summed E-state index contributed by atoms with van der Waals surface area (Å²) in [5.74, 6) is -0.538. The topological polar surface area (TPSA) is 58.2 Å². The molecule has 0 fully saturated rings. The molecule has 2 aromatic carbocycles. The van der Waals surface area contributed by atoms with Crippen LogP contribution in [0.2, 0.25) is 0 Å². The third kappa shape index (κ3) is 4.43. The second kappa shape index (κ2) is 7.04. The molecule has 0 radical (unpaired) electrons. The largest absolute Gasteiger partial charge is 0.343 e. The van der Waals surface area contributed by atoms with Crippen molar-refractivity contribution in [3.63, 3.8) is 0 Å². The number of benzene rings is 2. The summed E-state index contributed by atoms with van der Waals surface area (Å²) in [5, 5.41) is 5.33. The van der Waals surface area contributed by atoms with Gasteiger partial charge in [-0.2, -0.15) is 0 Å². The van der Waals surface area contributed by atoms with Gasteiger partial charge in [0.1, 0.15) is 0 Å². The maximum Gasteiger partial charge on any atom is 0.251 e. The lowest BCUT2D eigenvalue weighted by Crippen LogP contribution is -2.32. The molecule has 2 amide bonds. The van der Waals surface area contributed by atoms with Gasteiger partial charge in [0.05, 0.1) is 12.2 Å². The summed E-state index contributed by atoms with van der Waals surface area (Å²) >= 11 is 3.35. The van der Waals surface area contributed by atoms with E-state index in [0.29, 0.717) is 11.3 Å². The summed E-state index contributed by atoms with van der Waals surface area (Å²) in [6.07, 6.45) is 0. The van der Waals surface area contributed by atoms with Crippen LogP contribution in [0.25, 0.3) is 0 Å². The average Bonchev–Trinajstić information content (AvgIpc) is 2.47. The summed E-state index contributed by atoms with van der Waals surface area (Å²) in [6, 6.07) is 14.5. The Morgan fingerprint density at radius 3 is 2.57 bits per heavy atom. The average molecular weight is 347 g/mol. The number of carbonyl (C=O) groups is 2. The van der Waals surface area contributed by atoms with E-state index in [2.05, 4.69) is 26.6 Å². The number of amides is 2. The van der Waals surface area contributed by atoms with E-state index < -0.39 is 0 Å². The Kier molecular flexibility index (Phi) is 5.11. The summed E-state index contributed by atoms with van der Waals surface area (Å²) < 4.78 is 0.795. The summed E-state index contributed by atoms with van der Waals surface area (Å²) in [5.41, 5.74) is 2.22. The van der Waals surface area contributed by atoms with Crippen LogP contribution in [0, 0.1) is 6.92 Å². The highest BCUT2D eigenvalue weighted by Crippen LogP contribution is 2.20. The molecule has 21 heavy (non-hydrogen) atoms. The highest BCUT2D eigenvalue weighted by atomic mass is 79.9. The lowest BCUT2D eigenvalue weighted by Gasteiger charge is -2.08. The first-order valence-electron chi connectivity index (χ1n) is 6.45. The van der Waals surface area contributed by atoms with Crippen LogP contribution in [0.3, 0.4) is 0 Å². The Labute approximate surface area is 131 Å². The van der Waals surface area contributed by atoms with E-state index in [-0.39, 0.29) is 18.4 Å². The third-order valence-electron chi connectivity index (χ3n) is 2.84. The van der Waals surface area contributed by atoms with E-state index in [1.807, 2.05) is 37.3 Å². The lowest BCUT2D eigenvalue weighted by molar-refractivity contribution is -0.115. The Bertz CT molecular complexity index is 671. The first-order chi connectivity index (χ1) is 10.1. The van der Waals surface area contributed by atoms with E-state index in [0.717, 1.165) is 10.0 Å². The van der Waals surface area contributed by atoms with Crippen LogP contribution in [0.5, 0.6) is 0 Å². The van der Waals surface area contributed by atoms with Crippen molar-refractivity contribution in [2.75, 3.05) is 11.9 Å². The van der Waals surface area contributed by atoms with Crippen molar-refractivity contribution in [3.05, 3.63) is 64.1 Å². The summed E-state index contributed by atoms with van der Waals surface area (Å²) in [7, 11) is 0. The fourth-order valence-electron chi connectivity index (χ4n) is 1.81. The molecule has 0 unspecified atom stereocenters. The normalized spacial score (nSPS) is 10.0. The van der Waals surface area contributed by atoms with Gasteiger partial charge in [-0.15, -0.1) is 0 Å². The zero-order valence-corrected chi connectivity index (χ0v) is 13.1. The van der Waals surface area contributed by atoms with Crippen molar-refractivity contribution in [3.8, 4) is 0 Å². The van der Waals surface area contributed by atoms with Gasteiger partial charge in [-0.05, 0) is 47.1 Å². The highest BCUT2D eigenvalue weighted by Gasteiger charge is 2.09. The molecule has 2 aromatic rings. The molecule has 0 aliphatic heterocycles. The molecule has 0 atom stereocenters. The van der Waals surface area contributed by atoms with E-state index in [1.165, 1.54) is 0 Å². The van der Waals surface area contributed by atoms with Crippen molar-refractivity contribution in [2.45, 2.75) is 6.92 Å². The van der Waals surface area contributed by atoms with Crippen LogP contribution in [-0.2, 0) is 4.79 Å². The fourth-order valence-corrected chi connectivity index (χ4v) is 2.19. The van der Waals surface area contributed by atoms with Crippen LogP contribution >= 0.6 is 15.9 Å². The minimum Gasteiger partial charge on any atom is -0.343 e. The predicted molar refractivity (Wildman–Crippen MR) is 86.3 cm³/mol. The Hall–Kier alpha value is -2.14. The molecule has 2 rings (SSSR count). The quantitative estimate of drug-likeness (QED) is 0.893. The molecule has 0 saturated heterocycles. The van der Waals surface area contributed by atoms with Gasteiger partial charge in [-0.3, -0.25) is 9.59 Å². The first kappa shape index (κ1) is 15.3. The molecular weight excluding hydrogens is 332 g/mol. The minimum absolute atomic E-state index is 0.0753. The van der Waals surface area contributed by atoms with Crippen molar-refractivity contribution in [1.82, 2.24) is 5.32 Å². The van der Waals surface area contributed by atoms with Crippen molar-refractivity contribution >= 4 is 33.4 Å². The van der Waals surface area contributed by atoms with E-state index in [1.54, 1.807) is 18.2 Å². The van der Waals surface area contributed by atoms with Gasteiger partial charge in [0, 0.05) is 10.0 Å². The van der Waals surface area contributed by atoms with Gasteiger partial charge in [-0.25, -0.2) is 0 Å². The molecule has 108 valence electrons. The van der Waals surface area contributed by atoms with Crippen molar-refractivity contribution < 1.29 is 9.59 Å². The number of carbonyl (C=O) groups excluding carboxylic acids is 2. The lowest BCUT2D eigenvalue weighted by atomic mass is 10.1. The monoisotopic (exact) mass is 346 g/mol. The molecule has 2 N–H and O–H groups in total. The standard InChI is InChI=1S/C16H15BrN2O2/c1-11-5-4-6-12(9-11)16(21)18-10-15(20)19-14-8-3-2-7-13(14)17/h2-9H,10H2,1H3,(H,18,21)(H,19,20). The number of aryl methyl sites for hydroxylation is 1. The minimum atomic E-state index is -0.275. The third-order valence-corrected chi connectivity index (χ3v) is 3.53. The highest BCUT2D eigenvalue weighted by molar-refractivity contribution is 9.10. The maximum atomic E-state index is 11.9. The number of anilines is 1. The van der Waals surface area contributed by atoms with Crippen molar-refractivity contribution in [1.29, 1.82) is 0 Å². The van der Waals surface area contributed by atoms with Crippen LogP contribution in [-0.4, -0.2) is 18.4 Å². The number of hydrogen-bond donors (Lipinski definition) is 2. The molecule has 0 saturated carbocycles. The van der Waals surface area contributed by atoms with Gasteiger partial charge in [0.15, 0.2) is 0 Å². The van der Waals surface area contributed by atoms with Gasteiger partial charge in [-0.1, -0.05) is 29.8 Å². The van der Waals surface area contributed by atoms with Crippen LogP contribution in [0.1, 0.15) is 15.9 Å². The predicted octanol–water partition coefficient (Wildman–Crippen LogP) is 3.13. The first-order valence-corrected chi connectivity index (χ1v) is 7.25. The second-order valence-electron chi connectivity index (χ2n) is 4.58. The van der Waals surface area contributed by atoms with Crippen LogP contribution in [0.4, 0.5) is 5.69 Å². The smallest absolute Gasteiger partial charge is 0.251 e. The Morgan fingerprint density at radius 2 is 1.86 bits per heavy atom. The number of halogens is 1. The fraction of sp³-hybridized carbons (Fsp3) is 0.125. The van der Waals surface area contributed by atoms with Crippen molar-refractivity contribution in [2.24, 2.45) is 0 Å². The molecule has 0 spiro atoms. The number of para-hydroxylation sites is 1. The zero-order chi connectivity index (χ0) is 15.2. The molecule has 0 aliphatic rings. The van der Waals surface area contributed by atoms with Gasteiger partial charge < -0.3 is 10.6 Å². The summed E-state index contributed by atoms with van der Waals surface area (Å²) in [4.78, 5) is 23.7. The Balaban J connectivity index is 1.90. The van der Waals surface area contributed by atoms with Crippen LogP contribution < -0.4 is 10.6 Å². The molecular formula is C16H15BrN2O2. The van der Waals surface area contributed by atoms with Gasteiger partial charge in [0.25, 0.3) is 5.91 Å². The summed E-state index contributed by atoms with van der Waals surface area (Å²) in [6.45, 7) is 1.84. The molecule has 0 heterocycles. The number of rotatable bonds is 4. The molecule has 0 aliphatic carbocycles. The van der Waals surface area contributed by atoms with Gasteiger partial charge in [0.2, 0.25) is 5.91 Å². The molecule has 5 heteroatoms. The molecule has 0 bridgehead atoms. The van der Waals surface area contributed by atoms with Gasteiger partial charge >= 0.3 is 0 Å². The second-order valence-corrected chi connectivity index (χ2v) is 5.43. The number of hydrogen-bond acceptors (Lipinski definition) is 2. The van der Waals surface area contributed by atoms with E-state index in [4.69, 9.17) is 0 Å². The van der Waals surface area contributed by atoms with Crippen LogP contribution in [0.15, 0.2) is 53.0 Å². The number of nitrogens with one attached hydrogen (secondary N) is 2. The molecule has 4 nitrogen and oxygen atoms in total.